The van der Waals surface area contributed by atoms with Crippen LogP contribution >= 0.6 is 0 Å². The number of anilines is 1. The predicted molar refractivity (Wildman–Crippen MR) is 87.1 cm³/mol. The molecule has 0 spiro atoms. The van der Waals surface area contributed by atoms with Gasteiger partial charge in [-0.2, -0.15) is 0 Å². The molecule has 1 amide bonds. The molecule has 2 saturated heterocycles. The first-order valence-electron chi connectivity index (χ1n) is 8.12. The fourth-order valence-corrected chi connectivity index (χ4v) is 4.74. The zero-order valence-electron chi connectivity index (χ0n) is 13.1. The van der Waals surface area contributed by atoms with Crippen molar-refractivity contribution in [2.24, 2.45) is 0 Å². The fourth-order valence-electron chi connectivity index (χ4n) is 3.07. The van der Waals surface area contributed by atoms with Crippen molar-refractivity contribution >= 4 is 21.6 Å². The summed E-state index contributed by atoms with van der Waals surface area (Å²) in [5.41, 5.74) is 0.344. The van der Waals surface area contributed by atoms with Crippen LogP contribution in [0.25, 0.3) is 0 Å². The van der Waals surface area contributed by atoms with Crippen LogP contribution in [0.5, 0.6) is 0 Å². The molecule has 0 aromatic carbocycles. The zero-order chi connectivity index (χ0) is 16.3. The van der Waals surface area contributed by atoms with Crippen molar-refractivity contribution < 1.29 is 13.2 Å². The Hall–Kier alpha value is -1.70. The lowest BCUT2D eigenvalue weighted by molar-refractivity contribution is 0.0755. The van der Waals surface area contributed by atoms with E-state index in [1.165, 1.54) is 25.2 Å². The lowest BCUT2D eigenvalue weighted by Gasteiger charge is -2.19. The molecule has 1 N–H and O–H groups in total. The van der Waals surface area contributed by atoms with Crippen LogP contribution in [-0.2, 0) is 9.84 Å². The quantitative estimate of drug-likeness (QED) is 0.887. The van der Waals surface area contributed by atoms with E-state index in [1.54, 1.807) is 0 Å². The molecular weight excluding hydrogens is 316 g/mol. The van der Waals surface area contributed by atoms with E-state index < -0.39 is 9.84 Å². The first-order chi connectivity index (χ1) is 11.0. The molecule has 8 heteroatoms. The number of aromatic nitrogens is 2. The van der Waals surface area contributed by atoms with E-state index in [-0.39, 0.29) is 23.5 Å². The third-order valence-corrected chi connectivity index (χ3v) is 6.12. The number of amides is 1. The highest BCUT2D eigenvalue weighted by molar-refractivity contribution is 7.91. The van der Waals surface area contributed by atoms with Gasteiger partial charge in [-0.25, -0.2) is 18.4 Å². The number of carbonyl (C=O) groups excluding carboxylic acids is 1. The summed E-state index contributed by atoms with van der Waals surface area (Å²) in [4.78, 5) is 22.7. The van der Waals surface area contributed by atoms with Crippen LogP contribution in [0.3, 0.4) is 0 Å². The molecule has 0 radical (unpaired) electrons. The number of hydrogen-bond donors (Lipinski definition) is 1. The van der Waals surface area contributed by atoms with E-state index in [9.17, 15) is 13.2 Å². The zero-order valence-corrected chi connectivity index (χ0v) is 13.9. The number of nitrogens with zero attached hydrogens (tertiary/aromatic N) is 3. The minimum Gasteiger partial charge on any atom is -0.365 e. The van der Waals surface area contributed by atoms with Crippen LogP contribution in [0.4, 0.5) is 5.82 Å². The number of nitrogens with one attached hydrogen (secondary N) is 1. The van der Waals surface area contributed by atoms with E-state index >= 15 is 0 Å². The van der Waals surface area contributed by atoms with Gasteiger partial charge >= 0.3 is 0 Å². The molecular formula is C15H22N4O3S. The highest BCUT2D eigenvalue weighted by atomic mass is 32.2. The summed E-state index contributed by atoms with van der Waals surface area (Å²) in [6.07, 6.45) is 7.97. The molecule has 0 aliphatic carbocycles. The Morgan fingerprint density at radius 2 is 1.87 bits per heavy atom. The van der Waals surface area contributed by atoms with E-state index in [0.29, 0.717) is 17.9 Å². The van der Waals surface area contributed by atoms with Gasteiger partial charge in [0, 0.05) is 19.1 Å². The number of carbonyl (C=O) groups is 1. The Bertz CT molecular complexity index is 652. The molecule has 1 aromatic heterocycles. The summed E-state index contributed by atoms with van der Waals surface area (Å²) in [5, 5.41) is 3.07. The highest BCUT2D eigenvalue weighted by Crippen LogP contribution is 2.16. The molecule has 7 nitrogen and oxygen atoms in total. The summed E-state index contributed by atoms with van der Waals surface area (Å²) in [7, 11) is -2.93. The minimum atomic E-state index is -2.93. The van der Waals surface area contributed by atoms with Gasteiger partial charge in [-0.1, -0.05) is 12.8 Å². The van der Waals surface area contributed by atoms with Crippen LogP contribution < -0.4 is 5.32 Å². The summed E-state index contributed by atoms with van der Waals surface area (Å²) in [6, 6.07) is -0.124. The SMILES string of the molecule is O=C(c1cnc(NC2CCS(=O)(=O)C2)cn1)N1CCCCCC1. The van der Waals surface area contributed by atoms with E-state index in [2.05, 4.69) is 15.3 Å². The predicted octanol–water partition coefficient (Wildman–Crippen LogP) is 1.09. The molecule has 2 aliphatic rings. The van der Waals surface area contributed by atoms with Gasteiger partial charge in [0.25, 0.3) is 5.91 Å². The Morgan fingerprint density at radius 3 is 2.43 bits per heavy atom. The first kappa shape index (κ1) is 16.2. The second-order valence-electron chi connectivity index (χ2n) is 6.24. The van der Waals surface area contributed by atoms with Crippen molar-refractivity contribution in [2.75, 3.05) is 29.9 Å². The van der Waals surface area contributed by atoms with Crippen molar-refractivity contribution in [1.82, 2.24) is 14.9 Å². The number of sulfone groups is 1. The number of hydrogen-bond acceptors (Lipinski definition) is 6. The van der Waals surface area contributed by atoms with Crippen molar-refractivity contribution in [3.63, 3.8) is 0 Å². The van der Waals surface area contributed by atoms with Crippen LogP contribution in [0.1, 0.15) is 42.6 Å². The standard InChI is InChI=1S/C15H22N4O3S/c20-15(19-6-3-1-2-4-7-19)13-9-17-14(10-16-13)18-12-5-8-23(21,22)11-12/h9-10,12H,1-8,11H2,(H,17,18). The maximum absolute atomic E-state index is 12.4. The number of rotatable bonds is 3. The minimum absolute atomic E-state index is 0.0746. The molecule has 3 heterocycles. The monoisotopic (exact) mass is 338 g/mol. The van der Waals surface area contributed by atoms with Crippen molar-refractivity contribution in [2.45, 2.75) is 38.1 Å². The largest absolute Gasteiger partial charge is 0.365 e. The van der Waals surface area contributed by atoms with E-state index in [0.717, 1.165) is 25.9 Å². The molecule has 2 aliphatic heterocycles. The van der Waals surface area contributed by atoms with Gasteiger partial charge in [0.1, 0.15) is 11.5 Å². The van der Waals surface area contributed by atoms with Crippen molar-refractivity contribution in [3.05, 3.63) is 18.1 Å². The molecule has 0 bridgehead atoms. The van der Waals surface area contributed by atoms with Gasteiger partial charge in [0.2, 0.25) is 0 Å². The number of likely N-dealkylation sites (tertiary alicyclic amines) is 1. The van der Waals surface area contributed by atoms with E-state index in [1.807, 2.05) is 4.90 Å². The van der Waals surface area contributed by atoms with E-state index in [4.69, 9.17) is 0 Å². The molecule has 0 saturated carbocycles. The highest BCUT2D eigenvalue weighted by Gasteiger charge is 2.28. The Labute approximate surface area is 136 Å². The van der Waals surface area contributed by atoms with Gasteiger partial charge in [-0.3, -0.25) is 4.79 Å². The van der Waals surface area contributed by atoms with Crippen LogP contribution in [0.15, 0.2) is 12.4 Å². The van der Waals surface area contributed by atoms with Crippen molar-refractivity contribution in [1.29, 1.82) is 0 Å². The third-order valence-electron chi connectivity index (χ3n) is 4.35. The Kier molecular flexibility index (Phi) is 4.79. The van der Waals surface area contributed by atoms with Crippen LogP contribution in [0, 0.1) is 0 Å². The average molecular weight is 338 g/mol. The second-order valence-corrected chi connectivity index (χ2v) is 8.47. The first-order valence-corrected chi connectivity index (χ1v) is 9.94. The summed E-state index contributed by atoms with van der Waals surface area (Å²) < 4.78 is 22.9. The summed E-state index contributed by atoms with van der Waals surface area (Å²) in [6.45, 7) is 1.56. The lowest BCUT2D eigenvalue weighted by Crippen LogP contribution is -2.32. The molecule has 3 rings (SSSR count). The van der Waals surface area contributed by atoms with Gasteiger partial charge < -0.3 is 10.2 Å². The Morgan fingerprint density at radius 1 is 1.13 bits per heavy atom. The van der Waals surface area contributed by atoms with Gasteiger partial charge in [0.15, 0.2) is 9.84 Å². The maximum Gasteiger partial charge on any atom is 0.274 e. The smallest absolute Gasteiger partial charge is 0.274 e. The van der Waals surface area contributed by atoms with Crippen molar-refractivity contribution in [3.8, 4) is 0 Å². The molecule has 1 unspecified atom stereocenters. The van der Waals surface area contributed by atoms with Gasteiger partial charge in [-0.05, 0) is 19.3 Å². The molecule has 2 fully saturated rings. The third kappa shape index (κ3) is 4.19. The second kappa shape index (κ2) is 6.82. The molecule has 1 aromatic rings. The molecule has 1 atom stereocenters. The van der Waals surface area contributed by atoms with Crippen LogP contribution in [0.2, 0.25) is 0 Å². The maximum atomic E-state index is 12.4. The van der Waals surface area contributed by atoms with Crippen LogP contribution in [-0.4, -0.2) is 59.8 Å². The summed E-state index contributed by atoms with van der Waals surface area (Å²) >= 11 is 0. The van der Waals surface area contributed by atoms with Gasteiger partial charge in [-0.15, -0.1) is 0 Å². The van der Waals surface area contributed by atoms with Gasteiger partial charge in [0.05, 0.1) is 23.9 Å². The normalized spacial score (nSPS) is 24.2. The Balaban J connectivity index is 1.61. The summed E-state index contributed by atoms with van der Waals surface area (Å²) in [5.74, 6) is 0.779. The topological polar surface area (TPSA) is 92.3 Å². The fraction of sp³-hybridized carbons (Fsp3) is 0.667. The lowest BCUT2D eigenvalue weighted by atomic mass is 10.2. The average Bonchev–Trinajstić information content (AvgIpc) is 2.75. The molecule has 23 heavy (non-hydrogen) atoms. The molecule has 126 valence electrons.